The highest BCUT2D eigenvalue weighted by Gasteiger charge is 2.26. The minimum absolute atomic E-state index is 0.0493. The van der Waals surface area contributed by atoms with Gasteiger partial charge in [0.05, 0.1) is 6.54 Å². The lowest BCUT2D eigenvalue weighted by molar-refractivity contribution is -0.138. The van der Waals surface area contributed by atoms with Crippen LogP contribution in [-0.4, -0.2) is 36.1 Å². The Morgan fingerprint density at radius 2 is 1.70 bits per heavy atom. The molecule has 8 heteroatoms. The van der Waals surface area contributed by atoms with Crippen molar-refractivity contribution in [2.24, 2.45) is 0 Å². The smallest absolute Gasteiger partial charge is 0.317 e. The van der Waals surface area contributed by atoms with E-state index in [4.69, 9.17) is 21.4 Å². The molecule has 0 bridgehead atoms. The number of thiol groups is 2. The number of likely N-dealkylation sites (N-methyl/N-ethyl adjacent to an activating group) is 1. The molecule has 0 aliphatic heterocycles. The van der Waals surface area contributed by atoms with Gasteiger partial charge in [-0.15, -0.1) is 0 Å². The molecule has 1 atom stereocenters. The van der Waals surface area contributed by atoms with E-state index in [1.54, 1.807) is 30.1 Å². The summed E-state index contributed by atoms with van der Waals surface area (Å²) in [4.78, 5) is 12.7. The molecule has 0 aromatic heterocycles. The van der Waals surface area contributed by atoms with Crippen LogP contribution in [0.2, 0.25) is 5.02 Å². The van der Waals surface area contributed by atoms with Crippen LogP contribution in [0.3, 0.4) is 0 Å². The molecule has 174 valence electrons. The van der Waals surface area contributed by atoms with Gasteiger partial charge in [0.2, 0.25) is 0 Å². The molecule has 3 aromatic rings. The van der Waals surface area contributed by atoms with Gasteiger partial charge in [0.1, 0.15) is 21.7 Å². The Bertz CT molecular complexity index is 1080. The molecule has 0 aliphatic rings. The van der Waals surface area contributed by atoms with Gasteiger partial charge in [0.15, 0.2) is 0 Å². The lowest BCUT2D eigenvalue weighted by Crippen LogP contribution is -2.28. The van der Waals surface area contributed by atoms with Crippen molar-refractivity contribution in [2.75, 3.05) is 20.1 Å². The number of nitrogens with zero attached hydrogens (tertiary/aromatic N) is 1. The zero-order chi connectivity index (χ0) is 24.0. The second kappa shape index (κ2) is 11.3. The fraction of sp³-hybridized carbons (Fsp3) is 0.240. The Morgan fingerprint density at radius 1 is 1.09 bits per heavy atom. The summed E-state index contributed by atoms with van der Waals surface area (Å²) in [6.45, 7) is 0.481. The summed E-state index contributed by atoms with van der Waals surface area (Å²) in [7, 11) is 1.76. The summed E-state index contributed by atoms with van der Waals surface area (Å²) in [5, 5.41) is 9.61. The van der Waals surface area contributed by atoms with Crippen LogP contribution >= 0.6 is 36.9 Å². The molecule has 3 rings (SSSR count). The fourth-order valence-electron chi connectivity index (χ4n) is 3.43. The summed E-state index contributed by atoms with van der Waals surface area (Å²) in [5.74, 6) is -0.557. The summed E-state index contributed by atoms with van der Waals surface area (Å²) >= 11 is 15.6. The first-order chi connectivity index (χ1) is 15.6. The first-order valence-electron chi connectivity index (χ1n) is 10.3. The lowest BCUT2D eigenvalue weighted by atomic mass is 10.0. The molecule has 0 saturated carbocycles. The van der Waals surface area contributed by atoms with E-state index in [2.05, 4.69) is 25.3 Å². The van der Waals surface area contributed by atoms with Gasteiger partial charge in [-0.1, -0.05) is 48.0 Å². The Labute approximate surface area is 209 Å². The van der Waals surface area contributed by atoms with Gasteiger partial charge in [-0.2, -0.15) is 25.3 Å². The molecule has 3 aromatic carbocycles. The van der Waals surface area contributed by atoms with E-state index in [0.29, 0.717) is 23.7 Å². The minimum atomic E-state index is -0.905. The Kier molecular flexibility index (Phi) is 8.70. The van der Waals surface area contributed by atoms with Gasteiger partial charge < -0.3 is 9.84 Å². The summed E-state index contributed by atoms with van der Waals surface area (Å²) in [6, 6.07) is 20.9. The minimum Gasteiger partial charge on any atom is -0.486 e. The zero-order valence-electron chi connectivity index (χ0n) is 18.0. The number of hydrogen-bond acceptors (Lipinski definition) is 5. The van der Waals surface area contributed by atoms with Crippen LogP contribution in [0.15, 0.2) is 72.8 Å². The number of carbonyl (C=O) groups is 1. The number of carboxylic acids is 1. The SMILES string of the molecule is CN(CCC(Oc1ccc(C(S)(S)c2ccc(F)cc2)cc1)c1cccc(Cl)c1)CC(=O)O. The van der Waals surface area contributed by atoms with Crippen molar-refractivity contribution in [1.29, 1.82) is 0 Å². The lowest BCUT2D eigenvalue weighted by Gasteiger charge is -2.25. The molecule has 0 aliphatic carbocycles. The largest absolute Gasteiger partial charge is 0.486 e. The Hall–Kier alpha value is -2.19. The van der Waals surface area contributed by atoms with Gasteiger partial charge in [-0.3, -0.25) is 9.69 Å². The highest BCUT2D eigenvalue weighted by molar-refractivity contribution is 8.00. The molecule has 4 nitrogen and oxygen atoms in total. The zero-order valence-corrected chi connectivity index (χ0v) is 20.5. The molecular weight excluding hydrogens is 481 g/mol. The molecule has 0 fully saturated rings. The quantitative estimate of drug-likeness (QED) is 0.231. The highest BCUT2D eigenvalue weighted by atomic mass is 35.5. The van der Waals surface area contributed by atoms with E-state index in [1.807, 2.05) is 42.5 Å². The molecule has 0 amide bonds. The van der Waals surface area contributed by atoms with E-state index in [9.17, 15) is 9.18 Å². The predicted octanol–water partition coefficient (Wildman–Crippen LogP) is 6.07. The maximum absolute atomic E-state index is 13.3. The van der Waals surface area contributed by atoms with Crippen molar-refractivity contribution in [3.63, 3.8) is 0 Å². The Morgan fingerprint density at radius 3 is 2.27 bits per heavy atom. The van der Waals surface area contributed by atoms with Crippen LogP contribution in [0.1, 0.15) is 29.2 Å². The number of aliphatic carboxylic acids is 1. The van der Waals surface area contributed by atoms with Crippen molar-refractivity contribution >= 4 is 42.8 Å². The van der Waals surface area contributed by atoms with Crippen LogP contribution in [0.4, 0.5) is 4.39 Å². The first kappa shape index (κ1) is 25.4. The van der Waals surface area contributed by atoms with Gasteiger partial charge >= 0.3 is 5.97 Å². The normalized spacial score (nSPS) is 12.5. The van der Waals surface area contributed by atoms with Gasteiger partial charge in [-0.25, -0.2) is 4.39 Å². The highest BCUT2D eigenvalue weighted by Crippen LogP contribution is 2.40. The number of hydrogen-bond donors (Lipinski definition) is 3. The summed E-state index contributed by atoms with van der Waals surface area (Å²) in [6.07, 6.45) is 0.254. The second-order valence-electron chi connectivity index (χ2n) is 7.79. The second-order valence-corrected chi connectivity index (χ2v) is 9.92. The molecule has 33 heavy (non-hydrogen) atoms. The number of rotatable bonds is 10. The summed E-state index contributed by atoms with van der Waals surface area (Å²) in [5.41, 5.74) is 2.47. The van der Waals surface area contributed by atoms with E-state index >= 15 is 0 Å². The van der Waals surface area contributed by atoms with Gasteiger partial charge in [-0.05, 0) is 60.1 Å². The third-order valence-electron chi connectivity index (χ3n) is 5.18. The number of halogens is 2. The van der Waals surface area contributed by atoms with Crippen LogP contribution in [0, 0.1) is 5.82 Å². The van der Waals surface area contributed by atoms with Crippen molar-refractivity contribution in [1.82, 2.24) is 4.90 Å². The van der Waals surface area contributed by atoms with E-state index in [-0.39, 0.29) is 18.5 Å². The maximum atomic E-state index is 13.3. The maximum Gasteiger partial charge on any atom is 0.317 e. The summed E-state index contributed by atoms with van der Waals surface area (Å²) < 4.78 is 18.6. The van der Waals surface area contributed by atoms with E-state index in [1.165, 1.54) is 12.1 Å². The molecule has 0 spiro atoms. The average Bonchev–Trinajstić information content (AvgIpc) is 2.77. The van der Waals surface area contributed by atoms with Crippen LogP contribution < -0.4 is 4.74 Å². The van der Waals surface area contributed by atoms with Crippen LogP contribution in [0.25, 0.3) is 0 Å². The van der Waals surface area contributed by atoms with Crippen molar-refractivity contribution in [2.45, 2.75) is 16.6 Å². The van der Waals surface area contributed by atoms with Crippen LogP contribution in [0.5, 0.6) is 5.75 Å². The molecular formula is C25H25ClFNO3S2. The Balaban J connectivity index is 1.77. The third-order valence-corrected chi connectivity index (χ3v) is 6.45. The number of benzene rings is 3. The van der Waals surface area contributed by atoms with Crippen molar-refractivity contribution in [3.8, 4) is 5.75 Å². The molecule has 1 N–H and O–H groups in total. The average molecular weight is 506 g/mol. The van der Waals surface area contributed by atoms with Crippen molar-refractivity contribution in [3.05, 3.63) is 100 Å². The standard InChI is InChI=1S/C25H25ClFNO3S2/c1-28(16-24(29)30)14-13-23(17-3-2-4-20(26)15-17)31-22-11-7-19(8-12-22)25(32,33)18-5-9-21(27)10-6-18/h2-12,15,23,32-33H,13-14,16H2,1H3,(H,29,30). The van der Waals surface area contributed by atoms with E-state index < -0.39 is 10.0 Å². The topological polar surface area (TPSA) is 49.8 Å². The van der Waals surface area contributed by atoms with Crippen molar-refractivity contribution < 1.29 is 19.0 Å². The fourth-order valence-corrected chi connectivity index (χ4v) is 4.22. The van der Waals surface area contributed by atoms with Gasteiger partial charge in [0.25, 0.3) is 0 Å². The van der Waals surface area contributed by atoms with Crippen LogP contribution in [-0.2, 0) is 8.87 Å². The van der Waals surface area contributed by atoms with E-state index in [0.717, 1.165) is 16.7 Å². The monoisotopic (exact) mass is 505 g/mol. The van der Waals surface area contributed by atoms with Gasteiger partial charge in [0, 0.05) is 18.0 Å². The molecule has 0 heterocycles. The number of ether oxygens (including phenoxy) is 1. The number of carboxylic acid groups (broad SMARTS) is 1. The molecule has 0 saturated heterocycles. The third kappa shape index (κ3) is 7.14. The molecule has 0 radical (unpaired) electrons. The predicted molar refractivity (Wildman–Crippen MR) is 136 cm³/mol. The first-order valence-corrected chi connectivity index (χ1v) is 11.6. The molecule has 1 unspecified atom stereocenters.